The van der Waals surface area contributed by atoms with Crippen LogP contribution < -0.4 is 10.6 Å². The van der Waals surface area contributed by atoms with Gasteiger partial charge in [0.2, 0.25) is 0 Å². The number of nitrogens with one attached hydrogen (secondary N) is 2. The lowest BCUT2D eigenvalue weighted by Crippen LogP contribution is -2.39. The number of anilines is 1. The molecule has 0 saturated carbocycles. The Hall–Kier alpha value is -2.89. The molecule has 156 valence electrons. The van der Waals surface area contributed by atoms with E-state index in [1.54, 1.807) is 24.3 Å². The second-order valence-corrected chi connectivity index (χ2v) is 6.57. The summed E-state index contributed by atoms with van der Waals surface area (Å²) in [6.45, 7) is 6.94. The third-order valence-electron chi connectivity index (χ3n) is 4.41. The highest BCUT2D eigenvalue weighted by atomic mass is 16.5. The zero-order valence-electron chi connectivity index (χ0n) is 16.8. The maximum Gasteiger partial charge on any atom is 0.340 e. The van der Waals surface area contributed by atoms with Gasteiger partial charge >= 0.3 is 5.97 Å². The zero-order valence-corrected chi connectivity index (χ0v) is 16.8. The van der Waals surface area contributed by atoms with E-state index in [0.29, 0.717) is 18.8 Å². The van der Waals surface area contributed by atoms with Gasteiger partial charge in [0.05, 0.1) is 31.1 Å². The molecule has 1 saturated heterocycles. The van der Waals surface area contributed by atoms with Crippen LogP contribution in [0.2, 0.25) is 0 Å². The van der Waals surface area contributed by atoms with E-state index in [-0.39, 0.29) is 11.1 Å². The van der Waals surface area contributed by atoms with Gasteiger partial charge in [-0.2, -0.15) is 5.26 Å². The van der Waals surface area contributed by atoms with Crippen molar-refractivity contribution in [3.8, 4) is 6.07 Å². The molecule has 0 aliphatic carbocycles. The first-order chi connectivity index (χ1) is 14.2. The summed E-state index contributed by atoms with van der Waals surface area (Å²) in [6.07, 6.45) is 3.09. The number of carbonyl (C=O) groups is 2. The molecule has 0 unspecified atom stereocenters. The molecule has 0 radical (unpaired) electrons. The standard InChI is InChI=1S/C21H28N4O4/c1-2-3-12-29-21(27)18-6-4-5-7-19(18)24-20(26)17(15-22)16-23-8-9-25-10-13-28-14-11-25/h4-7,16,23H,2-3,8-14H2,1H3,(H,24,26)/b17-16-. The third kappa shape index (κ3) is 7.56. The number of nitriles is 1. The summed E-state index contributed by atoms with van der Waals surface area (Å²) in [5.41, 5.74) is 0.504. The Kier molecular flexibility index (Phi) is 9.69. The van der Waals surface area contributed by atoms with E-state index in [1.165, 1.54) is 6.20 Å². The van der Waals surface area contributed by atoms with Crippen molar-refractivity contribution in [3.05, 3.63) is 41.6 Å². The monoisotopic (exact) mass is 400 g/mol. The van der Waals surface area contributed by atoms with Gasteiger partial charge in [0.15, 0.2) is 0 Å². The number of ether oxygens (including phenoxy) is 2. The minimum Gasteiger partial charge on any atom is -0.462 e. The predicted octanol–water partition coefficient (Wildman–Crippen LogP) is 1.91. The van der Waals surface area contributed by atoms with Crippen LogP contribution in [0.25, 0.3) is 0 Å². The number of hydrogen-bond donors (Lipinski definition) is 2. The molecule has 0 aromatic heterocycles. The molecule has 0 atom stereocenters. The van der Waals surface area contributed by atoms with Crippen molar-refractivity contribution in [2.75, 3.05) is 51.3 Å². The Morgan fingerprint density at radius 3 is 2.79 bits per heavy atom. The molecule has 1 amide bonds. The van der Waals surface area contributed by atoms with E-state index in [1.807, 2.05) is 13.0 Å². The molecule has 8 nitrogen and oxygen atoms in total. The smallest absolute Gasteiger partial charge is 0.340 e. The molecule has 29 heavy (non-hydrogen) atoms. The van der Waals surface area contributed by atoms with E-state index in [0.717, 1.165) is 45.7 Å². The highest BCUT2D eigenvalue weighted by molar-refractivity contribution is 6.09. The number of amides is 1. The Labute approximate surface area is 171 Å². The summed E-state index contributed by atoms with van der Waals surface area (Å²) < 4.78 is 10.5. The zero-order chi connectivity index (χ0) is 20.9. The molecule has 1 aliphatic heterocycles. The minimum absolute atomic E-state index is 0.0684. The summed E-state index contributed by atoms with van der Waals surface area (Å²) in [5, 5.41) is 14.9. The molecule has 1 aromatic rings. The van der Waals surface area contributed by atoms with Gasteiger partial charge in [-0.1, -0.05) is 25.5 Å². The molecule has 1 heterocycles. The number of esters is 1. The quantitative estimate of drug-likeness (QED) is 0.268. The number of benzene rings is 1. The molecule has 0 bridgehead atoms. The maximum absolute atomic E-state index is 12.5. The van der Waals surface area contributed by atoms with Gasteiger partial charge in [-0.25, -0.2) is 4.79 Å². The molecule has 1 fully saturated rings. The van der Waals surface area contributed by atoms with Crippen molar-refractivity contribution in [1.82, 2.24) is 10.2 Å². The molecule has 2 N–H and O–H groups in total. The summed E-state index contributed by atoms with van der Waals surface area (Å²) >= 11 is 0. The minimum atomic E-state index is -0.583. The number of carbonyl (C=O) groups excluding carboxylic acids is 2. The molecular weight excluding hydrogens is 372 g/mol. The van der Waals surface area contributed by atoms with Crippen molar-refractivity contribution in [2.24, 2.45) is 0 Å². The number of unbranched alkanes of at least 4 members (excludes halogenated alkanes) is 1. The molecule has 8 heteroatoms. The van der Waals surface area contributed by atoms with Crippen molar-refractivity contribution < 1.29 is 19.1 Å². The number of morpholine rings is 1. The highest BCUT2D eigenvalue weighted by Crippen LogP contribution is 2.17. The normalized spacial score (nSPS) is 14.7. The fraction of sp³-hybridized carbons (Fsp3) is 0.476. The van der Waals surface area contributed by atoms with Crippen LogP contribution >= 0.6 is 0 Å². The topological polar surface area (TPSA) is 104 Å². The first kappa shape index (κ1) is 22.4. The molecule has 2 rings (SSSR count). The van der Waals surface area contributed by atoms with Crippen LogP contribution in [0.1, 0.15) is 30.1 Å². The lowest BCUT2D eigenvalue weighted by atomic mass is 10.1. The van der Waals surface area contributed by atoms with Gasteiger partial charge in [0.25, 0.3) is 5.91 Å². The second kappa shape index (κ2) is 12.5. The largest absolute Gasteiger partial charge is 0.462 e. The van der Waals surface area contributed by atoms with E-state index in [9.17, 15) is 14.9 Å². The van der Waals surface area contributed by atoms with Crippen molar-refractivity contribution in [2.45, 2.75) is 19.8 Å². The van der Waals surface area contributed by atoms with E-state index in [2.05, 4.69) is 15.5 Å². The van der Waals surface area contributed by atoms with Crippen LogP contribution in [0.4, 0.5) is 5.69 Å². The molecule has 0 spiro atoms. The van der Waals surface area contributed by atoms with Crippen LogP contribution in [0, 0.1) is 11.3 Å². The number of rotatable bonds is 10. The van der Waals surface area contributed by atoms with E-state index < -0.39 is 11.9 Å². The fourth-order valence-electron chi connectivity index (χ4n) is 2.72. The summed E-state index contributed by atoms with van der Waals surface area (Å²) in [4.78, 5) is 26.9. The first-order valence-corrected chi connectivity index (χ1v) is 9.87. The van der Waals surface area contributed by atoms with Crippen LogP contribution in [0.3, 0.4) is 0 Å². The van der Waals surface area contributed by atoms with E-state index >= 15 is 0 Å². The number of hydrogen-bond acceptors (Lipinski definition) is 7. The van der Waals surface area contributed by atoms with Crippen molar-refractivity contribution in [3.63, 3.8) is 0 Å². The van der Waals surface area contributed by atoms with Crippen molar-refractivity contribution in [1.29, 1.82) is 5.26 Å². The first-order valence-electron chi connectivity index (χ1n) is 9.87. The third-order valence-corrected chi connectivity index (χ3v) is 4.41. The van der Waals surface area contributed by atoms with Gasteiger partial charge < -0.3 is 20.1 Å². The SMILES string of the molecule is CCCCOC(=O)c1ccccc1NC(=O)/C(C#N)=C\NCCN1CCOCC1. The number of para-hydroxylation sites is 1. The summed E-state index contributed by atoms with van der Waals surface area (Å²) in [7, 11) is 0. The van der Waals surface area contributed by atoms with Crippen LogP contribution in [0.5, 0.6) is 0 Å². The molecule has 1 aliphatic rings. The average molecular weight is 400 g/mol. The van der Waals surface area contributed by atoms with Gasteiger partial charge in [-0.15, -0.1) is 0 Å². The van der Waals surface area contributed by atoms with Crippen molar-refractivity contribution >= 4 is 17.6 Å². The summed E-state index contributed by atoms with van der Waals surface area (Å²) in [5.74, 6) is -1.08. The lowest BCUT2D eigenvalue weighted by molar-refractivity contribution is -0.112. The van der Waals surface area contributed by atoms with Gasteiger partial charge in [-0.3, -0.25) is 9.69 Å². The average Bonchev–Trinajstić information content (AvgIpc) is 2.75. The Morgan fingerprint density at radius 1 is 1.31 bits per heavy atom. The Morgan fingerprint density at radius 2 is 2.07 bits per heavy atom. The number of nitrogens with zero attached hydrogens (tertiary/aromatic N) is 2. The van der Waals surface area contributed by atoms with Crippen LogP contribution in [-0.2, 0) is 14.3 Å². The van der Waals surface area contributed by atoms with Gasteiger partial charge in [-0.05, 0) is 18.6 Å². The van der Waals surface area contributed by atoms with Crippen LogP contribution in [0.15, 0.2) is 36.0 Å². The highest BCUT2D eigenvalue weighted by Gasteiger charge is 2.16. The van der Waals surface area contributed by atoms with E-state index in [4.69, 9.17) is 9.47 Å². The van der Waals surface area contributed by atoms with Gasteiger partial charge in [0.1, 0.15) is 11.6 Å². The summed E-state index contributed by atoms with van der Waals surface area (Å²) in [6, 6.07) is 8.48. The fourth-order valence-corrected chi connectivity index (χ4v) is 2.72. The lowest BCUT2D eigenvalue weighted by Gasteiger charge is -2.26. The second-order valence-electron chi connectivity index (χ2n) is 6.57. The predicted molar refractivity (Wildman–Crippen MR) is 109 cm³/mol. The maximum atomic E-state index is 12.5. The Bertz CT molecular complexity index is 751. The van der Waals surface area contributed by atoms with Gasteiger partial charge in [0, 0.05) is 32.4 Å². The van der Waals surface area contributed by atoms with Crippen LogP contribution in [-0.4, -0.2) is 62.8 Å². The molecular formula is C21H28N4O4. The Balaban J connectivity index is 1.91. The molecule has 1 aromatic carbocycles.